The number of nitrogens with zero attached hydrogens (tertiary/aromatic N) is 5. The zero-order valence-corrected chi connectivity index (χ0v) is 15.2. The summed E-state index contributed by atoms with van der Waals surface area (Å²) >= 11 is 3.48. The van der Waals surface area contributed by atoms with E-state index in [-0.39, 0.29) is 6.10 Å². The number of imidazole rings is 1. The van der Waals surface area contributed by atoms with Crippen molar-refractivity contribution in [1.82, 2.24) is 19.7 Å². The summed E-state index contributed by atoms with van der Waals surface area (Å²) in [6, 6.07) is 12.0. The maximum absolute atomic E-state index is 6.09. The first-order valence-electron chi connectivity index (χ1n) is 8.27. The first kappa shape index (κ1) is 16.1. The molecule has 0 spiro atoms. The summed E-state index contributed by atoms with van der Waals surface area (Å²) in [6.07, 6.45) is 7.48. The number of piperidine rings is 1. The van der Waals surface area contributed by atoms with Gasteiger partial charge in [0.05, 0.1) is 0 Å². The minimum Gasteiger partial charge on any atom is -0.490 e. The van der Waals surface area contributed by atoms with Crippen LogP contribution in [0.5, 0.6) is 5.75 Å². The molecule has 4 rings (SSSR count). The molecule has 1 aliphatic heterocycles. The minimum absolute atomic E-state index is 0.240. The molecule has 3 aromatic rings. The maximum Gasteiger partial charge on any atom is 0.160 e. The number of ether oxygens (including phenoxy) is 1. The van der Waals surface area contributed by atoms with Gasteiger partial charge >= 0.3 is 0 Å². The van der Waals surface area contributed by atoms with Crippen LogP contribution < -0.4 is 9.64 Å². The molecule has 2 aromatic heterocycles. The first-order valence-corrected chi connectivity index (χ1v) is 9.06. The summed E-state index contributed by atoms with van der Waals surface area (Å²) in [5.74, 6) is 2.59. The zero-order valence-electron chi connectivity index (χ0n) is 13.6. The summed E-state index contributed by atoms with van der Waals surface area (Å²) < 4.78 is 8.97. The second-order valence-electron chi connectivity index (χ2n) is 5.98. The lowest BCUT2D eigenvalue weighted by Gasteiger charge is -2.32. The van der Waals surface area contributed by atoms with Crippen LogP contribution in [-0.2, 0) is 0 Å². The SMILES string of the molecule is Brc1cccc(OC2CCN(c3ccc(-n4ccnc4)nn3)CC2)c1. The molecule has 7 heteroatoms. The fraction of sp³-hybridized carbons (Fsp3) is 0.278. The van der Waals surface area contributed by atoms with Crippen LogP contribution in [-0.4, -0.2) is 38.9 Å². The van der Waals surface area contributed by atoms with Crippen molar-refractivity contribution in [2.45, 2.75) is 18.9 Å². The Balaban J connectivity index is 1.35. The molecular formula is C18H18BrN5O. The number of halogens is 1. The molecule has 0 N–H and O–H groups in total. The van der Waals surface area contributed by atoms with E-state index in [0.29, 0.717) is 0 Å². The Morgan fingerprint density at radius 3 is 2.52 bits per heavy atom. The van der Waals surface area contributed by atoms with Crippen LogP contribution in [0.2, 0.25) is 0 Å². The van der Waals surface area contributed by atoms with Crippen LogP contribution >= 0.6 is 15.9 Å². The summed E-state index contributed by atoms with van der Waals surface area (Å²) in [7, 11) is 0. The molecule has 6 nitrogen and oxygen atoms in total. The second-order valence-corrected chi connectivity index (χ2v) is 6.90. The van der Waals surface area contributed by atoms with E-state index in [4.69, 9.17) is 4.74 Å². The molecule has 1 fully saturated rings. The highest BCUT2D eigenvalue weighted by atomic mass is 79.9. The van der Waals surface area contributed by atoms with E-state index in [1.165, 1.54) is 0 Å². The van der Waals surface area contributed by atoms with Crippen molar-refractivity contribution in [3.63, 3.8) is 0 Å². The fourth-order valence-electron chi connectivity index (χ4n) is 2.95. The van der Waals surface area contributed by atoms with Crippen molar-refractivity contribution < 1.29 is 4.74 Å². The number of rotatable bonds is 4. The third kappa shape index (κ3) is 3.82. The van der Waals surface area contributed by atoms with Crippen molar-refractivity contribution in [3.05, 3.63) is 59.6 Å². The van der Waals surface area contributed by atoms with Crippen LogP contribution in [0.4, 0.5) is 5.82 Å². The molecule has 1 aromatic carbocycles. The van der Waals surface area contributed by atoms with Gasteiger partial charge < -0.3 is 9.64 Å². The zero-order chi connectivity index (χ0) is 17.1. The Labute approximate surface area is 154 Å². The van der Waals surface area contributed by atoms with Crippen LogP contribution in [0, 0.1) is 0 Å². The minimum atomic E-state index is 0.240. The predicted octanol–water partition coefficient (Wildman–Crippen LogP) is 3.47. The van der Waals surface area contributed by atoms with Gasteiger partial charge in [0.2, 0.25) is 0 Å². The van der Waals surface area contributed by atoms with Crippen LogP contribution in [0.15, 0.2) is 59.6 Å². The summed E-state index contributed by atoms with van der Waals surface area (Å²) in [5.41, 5.74) is 0. The number of hydrogen-bond donors (Lipinski definition) is 0. The smallest absolute Gasteiger partial charge is 0.160 e. The number of hydrogen-bond acceptors (Lipinski definition) is 5. The van der Waals surface area contributed by atoms with Crippen molar-refractivity contribution in [2.75, 3.05) is 18.0 Å². The van der Waals surface area contributed by atoms with Gasteiger partial charge in [-0.2, -0.15) is 0 Å². The Morgan fingerprint density at radius 1 is 1.04 bits per heavy atom. The maximum atomic E-state index is 6.09. The molecular weight excluding hydrogens is 382 g/mol. The van der Waals surface area contributed by atoms with Gasteiger partial charge in [0.1, 0.15) is 18.2 Å². The van der Waals surface area contributed by atoms with Crippen molar-refractivity contribution >= 4 is 21.7 Å². The molecule has 0 atom stereocenters. The van der Waals surface area contributed by atoms with Gasteiger partial charge in [-0.1, -0.05) is 22.0 Å². The standard InChI is InChI=1S/C18H18BrN5O/c19-14-2-1-3-16(12-14)25-15-6-9-23(10-7-15)17-4-5-18(22-21-17)24-11-8-20-13-24/h1-5,8,11-13,15H,6-7,9-10H2. The highest BCUT2D eigenvalue weighted by molar-refractivity contribution is 9.10. The quantitative estimate of drug-likeness (QED) is 0.671. The van der Waals surface area contributed by atoms with Crippen molar-refractivity contribution in [3.8, 4) is 11.6 Å². The van der Waals surface area contributed by atoms with Gasteiger partial charge in [0.25, 0.3) is 0 Å². The first-order chi connectivity index (χ1) is 12.3. The highest BCUT2D eigenvalue weighted by Crippen LogP contribution is 2.24. The monoisotopic (exact) mass is 399 g/mol. The Kier molecular flexibility index (Phi) is 4.65. The van der Waals surface area contributed by atoms with Crippen LogP contribution in [0.25, 0.3) is 5.82 Å². The third-order valence-corrected chi connectivity index (χ3v) is 4.76. The molecule has 25 heavy (non-hydrogen) atoms. The average molecular weight is 400 g/mol. The van der Waals surface area contributed by atoms with E-state index in [0.717, 1.165) is 47.8 Å². The van der Waals surface area contributed by atoms with Gasteiger partial charge in [-0.25, -0.2) is 4.98 Å². The molecule has 3 heterocycles. The third-order valence-electron chi connectivity index (χ3n) is 4.27. The summed E-state index contributed by atoms with van der Waals surface area (Å²) in [4.78, 5) is 6.28. The van der Waals surface area contributed by atoms with Gasteiger partial charge in [0, 0.05) is 42.8 Å². The molecule has 0 amide bonds. The lowest BCUT2D eigenvalue weighted by Crippen LogP contribution is -2.38. The van der Waals surface area contributed by atoms with E-state index >= 15 is 0 Å². The fourth-order valence-corrected chi connectivity index (χ4v) is 3.33. The molecule has 1 saturated heterocycles. The number of benzene rings is 1. The lowest BCUT2D eigenvalue weighted by molar-refractivity contribution is 0.170. The molecule has 0 saturated carbocycles. The Hall–Kier alpha value is -2.41. The summed E-state index contributed by atoms with van der Waals surface area (Å²) in [5, 5.41) is 8.65. The molecule has 128 valence electrons. The second kappa shape index (κ2) is 7.23. The average Bonchev–Trinajstić information content (AvgIpc) is 3.17. The molecule has 0 unspecified atom stereocenters. The van der Waals surface area contributed by atoms with E-state index in [9.17, 15) is 0 Å². The number of aromatic nitrogens is 4. The number of anilines is 1. The molecule has 0 aliphatic carbocycles. The Morgan fingerprint density at radius 2 is 1.84 bits per heavy atom. The van der Waals surface area contributed by atoms with Gasteiger partial charge in [0.15, 0.2) is 11.6 Å². The largest absolute Gasteiger partial charge is 0.490 e. The Bertz CT molecular complexity index is 814. The van der Waals surface area contributed by atoms with E-state index < -0.39 is 0 Å². The molecule has 1 aliphatic rings. The molecule has 0 radical (unpaired) electrons. The van der Waals surface area contributed by atoms with Crippen LogP contribution in [0.1, 0.15) is 12.8 Å². The summed E-state index contributed by atoms with van der Waals surface area (Å²) in [6.45, 7) is 1.83. The van der Waals surface area contributed by atoms with E-state index in [1.807, 2.05) is 47.2 Å². The highest BCUT2D eigenvalue weighted by Gasteiger charge is 2.21. The van der Waals surface area contributed by atoms with Gasteiger partial charge in [-0.05, 0) is 30.3 Å². The van der Waals surface area contributed by atoms with Gasteiger partial charge in [-0.15, -0.1) is 10.2 Å². The lowest BCUT2D eigenvalue weighted by atomic mass is 10.1. The normalized spacial score (nSPS) is 15.3. The van der Waals surface area contributed by atoms with E-state index in [1.54, 1.807) is 12.5 Å². The van der Waals surface area contributed by atoms with E-state index in [2.05, 4.69) is 36.0 Å². The topological polar surface area (TPSA) is 56.1 Å². The van der Waals surface area contributed by atoms with Crippen LogP contribution in [0.3, 0.4) is 0 Å². The van der Waals surface area contributed by atoms with Crippen molar-refractivity contribution in [1.29, 1.82) is 0 Å². The molecule has 0 bridgehead atoms. The predicted molar refractivity (Wildman–Crippen MR) is 99.2 cm³/mol. The van der Waals surface area contributed by atoms with Crippen molar-refractivity contribution in [2.24, 2.45) is 0 Å². The van der Waals surface area contributed by atoms with Gasteiger partial charge in [-0.3, -0.25) is 4.57 Å².